The van der Waals surface area contributed by atoms with Crippen molar-refractivity contribution >= 4 is 16.9 Å². The van der Waals surface area contributed by atoms with E-state index in [0.717, 1.165) is 42.9 Å². The van der Waals surface area contributed by atoms with Crippen LogP contribution in [0.3, 0.4) is 0 Å². The molecular weight excluding hydrogens is 242 g/mol. The summed E-state index contributed by atoms with van der Waals surface area (Å²) in [5, 5.41) is 3.23. The Bertz CT molecular complexity index is 628. The van der Waals surface area contributed by atoms with E-state index >= 15 is 0 Å². The summed E-state index contributed by atoms with van der Waals surface area (Å²) in [6.45, 7) is 9.28. The molecular formula is C13H19N5O. The first-order chi connectivity index (χ1) is 9.09. The highest BCUT2D eigenvalue weighted by atomic mass is 16.5. The molecule has 0 unspecified atom stereocenters. The fourth-order valence-electron chi connectivity index (χ4n) is 2.69. The highest BCUT2D eigenvalue weighted by Crippen LogP contribution is 2.28. The molecule has 0 spiro atoms. The van der Waals surface area contributed by atoms with Crippen LogP contribution in [0.15, 0.2) is 0 Å². The predicted molar refractivity (Wildman–Crippen MR) is 74.9 cm³/mol. The van der Waals surface area contributed by atoms with Crippen LogP contribution in [0.2, 0.25) is 0 Å². The van der Waals surface area contributed by atoms with E-state index in [-0.39, 0.29) is 0 Å². The van der Waals surface area contributed by atoms with Gasteiger partial charge in [-0.2, -0.15) is 0 Å². The fraction of sp³-hybridized carbons (Fsp3) is 0.538. The zero-order chi connectivity index (χ0) is 13.6. The number of rotatable bonds is 1. The van der Waals surface area contributed by atoms with E-state index in [1.165, 1.54) is 5.69 Å². The molecule has 1 aliphatic heterocycles. The molecule has 0 radical (unpaired) electrons. The third kappa shape index (κ3) is 1.83. The molecule has 1 aliphatic rings. The molecule has 0 atom stereocenters. The number of hydrogen-bond acceptors (Lipinski definition) is 5. The molecule has 6 nitrogen and oxygen atoms in total. The summed E-state index contributed by atoms with van der Waals surface area (Å²) in [5.41, 5.74) is 9.29. The van der Waals surface area contributed by atoms with Gasteiger partial charge in [-0.15, -0.1) is 0 Å². The van der Waals surface area contributed by atoms with Crippen LogP contribution >= 0.6 is 0 Å². The standard InChI is InChI=1S/C13H19N5O/c1-8-9(2)18(17-4-6-19-7-5-17)13-11(8)12(14)15-10(3)16-13/h4-7H2,1-3H3,(H2,14,15,16). The lowest BCUT2D eigenvalue weighted by atomic mass is 10.2. The van der Waals surface area contributed by atoms with Crippen LogP contribution in [0.5, 0.6) is 0 Å². The Labute approximate surface area is 112 Å². The van der Waals surface area contributed by atoms with Crippen molar-refractivity contribution in [3.63, 3.8) is 0 Å². The van der Waals surface area contributed by atoms with Gasteiger partial charge < -0.3 is 15.5 Å². The van der Waals surface area contributed by atoms with Crippen LogP contribution in [0.25, 0.3) is 11.0 Å². The first kappa shape index (κ1) is 12.2. The monoisotopic (exact) mass is 261 g/mol. The van der Waals surface area contributed by atoms with Crippen molar-refractivity contribution in [3.8, 4) is 0 Å². The average molecular weight is 261 g/mol. The smallest absolute Gasteiger partial charge is 0.164 e. The summed E-state index contributed by atoms with van der Waals surface area (Å²) < 4.78 is 7.58. The molecule has 3 heterocycles. The Balaban J connectivity index is 2.25. The largest absolute Gasteiger partial charge is 0.383 e. The molecule has 0 saturated carbocycles. The zero-order valence-electron chi connectivity index (χ0n) is 11.6. The van der Waals surface area contributed by atoms with Gasteiger partial charge in [-0.05, 0) is 26.3 Å². The van der Waals surface area contributed by atoms with Crippen LogP contribution in [0, 0.1) is 20.8 Å². The van der Waals surface area contributed by atoms with E-state index in [1.54, 1.807) is 0 Å². The number of fused-ring (bicyclic) bond motifs is 1. The summed E-state index contributed by atoms with van der Waals surface area (Å²) in [4.78, 5) is 8.85. The Hall–Kier alpha value is -1.82. The van der Waals surface area contributed by atoms with Crippen LogP contribution in [-0.2, 0) is 4.74 Å². The van der Waals surface area contributed by atoms with Crippen molar-refractivity contribution in [2.24, 2.45) is 0 Å². The molecule has 2 N–H and O–H groups in total. The maximum absolute atomic E-state index is 6.06. The van der Waals surface area contributed by atoms with Crippen molar-refractivity contribution in [1.82, 2.24) is 14.6 Å². The van der Waals surface area contributed by atoms with Crippen LogP contribution in [-0.4, -0.2) is 40.9 Å². The molecule has 0 aliphatic carbocycles. The molecule has 2 aromatic rings. The van der Waals surface area contributed by atoms with Gasteiger partial charge in [0.05, 0.1) is 31.7 Å². The van der Waals surface area contributed by atoms with Gasteiger partial charge in [0.25, 0.3) is 0 Å². The van der Waals surface area contributed by atoms with Crippen molar-refractivity contribution in [3.05, 3.63) is 17.1 Å². The van der Waals surface area contributed by atoms with E-state index in [1.807, 2.05) is 6.92 Å². The maximum atomic E-state index is 6.06. The van der Waals surface area contributed by atoms with Gasteiger partial charge in [0.15, 0.2) is 5.65 Å². The molecule has 0 aromatic carbocycles. The molecule has 1 fully saturated rings. The van der Waals surface area contributed by atoms with E-state index < -0.39 is 0 Å². The van der Waals surface area contributed by atoms with E-state index in [2.05, 4.69) is 33.5 Å². The van der Waals surface area contributed by atoms with Gasteiger partial charge >= 0.3 is 0 Å². The first-order valence-electron chi connectivity index (χ1n) is 6.54. The molecule has 2 aromatic heterocycles. The summed E-state index contributed by atoms with van der Waals surface area (Å²) >= 11 is 0. The lowest BCUT2D eigenvalue weighted by molar-refractivity contribution is 0.111. The summed E-state index contributed by atoms with van der Waals surface area (Å²) in [6.07, 6.45) is 0. The second-order valence-corrected chi connectivity index (χ2v) is 4.94. The summed E-state index contributed by atoms with van der Waals surface area (Å²) in [7, 11) is 0. The number of nitrogen functional groups attached to an aromatic ring is 1. The highest BCUT2D eigenvalue weighted by molar-refractivity contribution is 5.91. The van der Waals surface area contributed by atoms with Crippen LogP contribution < -0.4 is 10.7 Å². The van der Waals surface area contributed by atoms with Gasteiger partial charge in [0.2, 0.25) is 0 Å². The molecule has 6 heteroatoms. The highest BCUT2D eigenvalue weighted by Gasteiger charge is 2.21. The Kier molecular flexibility index (Phi) is 2.82. The number of hydrogen-bond donors (Lipinski definition) is 1. The summed E-state index contributed by atoms with van der Waals surface area (Å²) in [5.74, 6) is 1.27. The van der Waals surface area contributed by atoms with Crippen LogP contribution in [0.4, 0.5) is 5.82 Å². The number of nitrogens with two attached hydrogens (primary N) is 1. The van der Waals surface area contributed by atoms with Crippen molar-refractivity contribution in [2.45, 2.75) is 20.8 Å². The Morgan fingerprint density at radius 2 is 1.79 bits per heavy atom. The number of anilines is 1. The summed E-state index contributed by atoms with van der Waals surface area (Å²) in [6, 6.07) is 0. The zero-order valence-corrected chi connectivity index (χ0v) is 11.6. The van der Waals surface area contributed by atoms with Gasteiger partial charge in [-0.1, -0.05) is 0 Å². The van der Waals surface area contributed by atoms with E-state index in [9.17, 15) is 0 Å². The molecule has 102 valence electrons. The predicted octanol–water partition coefficient (Wildman–Crippen LogP) is 0.907. The third-order valence-corrected chi connectivity index (χ3v) is 3.74. The minimum atomic E-state index is 0.565. The SMILES string of the molecule is Cc1nc(N)c2c(C)c(C)n(N3CCOCC3)c2n1. The molecule has 1 saturated heterocycles. The van der Waals surface area contributed by atoms with Crippen molar-refractivity contribution < 1.29 is 4.74 Å². The third-order valence-electron chi connectivity index (χ3n) is 3.74. The topological polar surface area (TPSA) is 69.2 Å². The molecule has 19 heavy (non-hydrogen) atoms. The Morgan fingerprint density at radius 1 is 1.11 bits per heavy atom. The van der Waals surface area contributed by atoms with E-state index in [4.69, 9.17) is 10.5 Å². The lowest BCUT2D eigenvalue weighted by Crippen LogP contribution is -2.44. The number of aryl methyl sites for hydroxylation is 2. The van der Waals surface area contributed by atoms with E-state index in [0.29, 0.717) is 11.6 Å². The van der Waals surface area contributed by atoms with Crippen molar-refractivity contribution in [1.29, 1.82) is 0 Å². The fourth-order valence-corrected chi connectivity index (χ4v) is 2.69. The quantitative estimate of drug-likeness (QED) is 0.826. The van der Waals surface area contributed by atoms with Crippen molar-refractivity contribution in [2.75, 3.05) is 37.0 Å². The Morgan fingerprint density at radius 3 is 2.47 bits per heavy atom. The van der Waals surface area contributed by atoms with Gasteiger partial charge in [-0.25, -0.2) is 14.6 Å². The number of ether oxygens (including phenoxy) is 1. The maximum Gasteiger partial charge on any atom is 0.164 e. The minimum absolute atomic E-state index is 0.565. The molecule has 0 bridgehead atoms. The first-order valence-corrected chi connectivity index (χ1v) is 6.54. The van der Waals surface area contributed by atoms with Crippen LogP contribution in [0.1, 0.15) is 17.1 Å². The second-order valence-electron chi connectivity index (χ2n) is 4.94. The molecule has 0 amide bonds. The average Bonchev–Trinajstić information content (AvgIpc) is 2.63. The normalized spacial score (nSPS) is 16.3. The van der Waals surface area contributed by atoms with Gasteiger partial charge in [0.1, 0.15) is 11.6 Å². The minimum Gasteiger partial charge on any atom is -0.383 e. The second kappa shape index (κ2) is 4.38. The lowest BCUT2D eigenvalue weighted by Gasteiger charge is -2.31. The van der Waals surface area contributed by atoms with Gasteiger partial charge in [-0.3, -0.25) is 0 Å². The number of morpholine rings is 1. The number of aromatic nitrogens is 3. The molecule has 3 rings (SSSR count). The van der Waals surface area contributed by atoms with Gasteiger partial charge in [0, 0.05) is 5.69 Å². The number of nitrogens with zero attached hydrogens (tertiary/aromatic N) is 4.